The van der Waals surface area contributed by atoms with Crippen molar-refractivity contribution in [1.29, 1.82) is 0 Å². The largest absolute Gasteiger partial charge is 0.352 e. The molecule has 1 aromatic heterocycles. The van der Waals surface area contributed by atoms with E-state index in [4.69, 9.17) is 0 Å². The van der Waals surface area contributed by atoms with E-state index >= 15 is 0 Å². The summed E-state index contributed by atoms with van der Waals surface area (Å²) < 4.78 is 13.1. The van der Waals surface area contributed by atoms with E-state index in [1.807, 2.05) is 31.2 Å². The van der Waals surface area contributed by atoms with Gasteiger partial charge in [-0.15, -0.1) is 10.2 Å². The van der Waals surface area contributed by atoms with Crippen LogP contribution in [0, 0.1) is 12.7 Å². The van der Waals surface area contributed by atoms with E-state index in [0.29, 0.717) is 42.1 Å². The third-order valence-corrected chi connectivity index (χ3v) is 5.13. The number of hydrogen-bond acceptors (Lipinski definition) is 5. The summed E-state index contributed by atoms with van der Waals surface area (Å²) in [4.78, 5) is 24.2. The summed E-state index contributed by atoms with van der Waals surface area (Å²) in [5, 5.41) is 14.5. The minimum absolute atomic E-state index is 0.115. The molecule has 2 aromatic carbocycles. The number of amides is 2. The number of halogens is 1. The fraction of sp³-hybridized carbons (Fsp3) is 0.238. The highest BCUT2D eigenvalue weighted by Crippen LogP contribution is 2.15. The molecule has 8 heteroatoms. The summed E-state index contributed by atoms with van der Waals surface area (Å²) in [6.45, 7) is 2.27. The van der Waals surface area contributed by atoms with Crippen LogP contribution >= 0.6 is 11.3 Å². The molecule has 2 amide bonds. The third kappa shape index (κ3) is 6.46. The monoisotopic (exact) mass is 412 g/mol. The highest BCUT2D eigenvalue weighted by atomic mass is 32.1. The number of hydrogen-bond donors (Lipinski definition) is 2. The molecule has 0 spiro atoms. The van der Waals surface area contributed by atoms with Crippen LogP contribution in [0.1, 0.15) is 38.8 Å². The lowest BCUT2D eigenvalue weighted by Crippen LogP contribution is -2.22. The highest BCUT2D eigenvalue weighted by molar-refractivity contribution is 7.13. The van der Waals surface area contributed by atoms with Gasteiger partial charge in [-0.3, -0.25) is 9.59 Å². The molecule has 0 aliphatic rings. The van der Waals surface area contributed by atoms with E-state index in [1.165, 1.54) is 23.5 Å². The lowest BCUT2D eigenvalue weighted by Gasteiger charge is -2.05. The maximum absolute atomic E-state index is 13.1. The SMILES string of the molecule is Cc1ccc(NC(=O)c2nnc(CCCC(=O)NCc3cccc(F)c3)s2)cc1. The fourth-order valence-corrected chi connectivity index (χ4v) is 3.38. The minimum Gasteiger partial charge on any atom is -0.352 e. The van der Waals surface area contributed by atoms with Gasteiger partial charge in [-0.05, 0) is 43.2 Å². The second-order valence-electron chi connectivity index (χ2n) is 6.58. The summed E-state index contributed by atoms with van der Waals surface area (Å²) in [7, 11) is 0. The standard InChI is InChI=1S/C21H21FN4O2S/c1-14-8-10-17(11-9-14)24-20(28)21-26-25-19(29-21)7-3-6-18(27)23-13-15-4-2-5-16(22)12-15/h2,4-5,8-12H,3,6-7,13H2,1H3,(H,23,27)(H,24,28). The van der Waals surface area contributed by atoms with Crippen LogP contribution in [0.3, 0.4) is 0 Å². The molecule has 150 valence electrons. The van der Waals surface area contributed by atoms with Crippen LogP contribution in [0.15, 0.2) is 48.5 Å². The van der Waals surface area contributed by atoms with E-state index < -0.39 is 0 Å². The first-order valence-corrected chi connectivity index (χ1v) is 10.0. The molecule has 0 fully saturated rings. The average Bonchev–Trinajstić information content (AvgIpc) is 3.17. The van der Waals surface area contributed by atoms with Crippen LogP contribution in [0.25, 0.3) is 0 Å². The first-order chi connectivity index (χ1) is 14.0. The predicted molar refractivity (Wildman–Crippen MR) is 110 cm³/mol. The molecule has 0 unspecified atom stereocenters. The van der Waals surface area contributed by atoms with Crippen molar-refractivity contribution in [2.24, 2.45) is 0 Å². The molecule has 0 saturated heterocycles. The van der Waals surface area contributed by atoms with Gasteiger partial charge in [-0.25, -0.2) is 4.39 Å². The number of nitrogens with one attached hydrogen (secondary N) is 2. The number of carbonyl (C=O) groups is 2. The lowest BCUT2D eigenvalue weighted by atomic mass is 10.2. The van der Waals surface area contributed by atoms with Crippen molar-refractivity contribution in [2.75, 3.05) is 5.32 Å². The normalized spacial score (nSPS) is 10.6. The van der Waals surface area contributed by atoms with Gasteiger partial charge in [0.25, 0.3) is 5.91 Å². The quantitative estimate of drug-likeness (QED) is 0.588. The Labute approximate surface area is 172 Å². The van der Waals surface area contributed by atoms with Crippen molar-refractivity contribution in [1.82, 2.24) is 15.5 Å². The number of benzene rings is 2. The Balaban J connectivity index is 1.41. The van der Waals surface area contributed by atoms with Gasteiger partial charge < -0.3 is 10.6 Å². The van der Waals surface area contributed by atoms with Crippen LogP contribution in [0.5, 0.6) is 0 Å². The van der Waals surface area contributed by atoms with E-state index in [-0.39, 0.29) is 22.6 Å². The van der Waals surface area contributed by atoms with Gasteiger partial charge in [0.1, 0.15) is 10.8 Å². The summed E-state index contributed by atoms with van der Waals surface area (Å²) in [6.07, 6.45) is 1.46. The second kappa shape index (κ2) is 9.88. The van der Waals surface area contributed by atoms with Gasteiger partial charge in [0.15, 0.2) is 0 Å². The maximum atomic E-state index is 13.1. The van der Waals surface area contributed by atoms with Crippen molar-refractivity contribution in [2.45, 2.75) is 32.7 Å². The van der Waals surface area contributed by atoms with Crippen LogP contribution in [0.2, 0.25) is 0 Å². The summed E-state index contributed by atoms with van der Waals surface area (Å²) >= 11 is 1.22. The smallest absolute Gasteiger partial charge is 0.286 e. The summed E-state index contributed by atoms with van der Waals surface area (Å²) in [5.74, 6) is -0.739. The number of rotatable bonds is 8. The van der Waals surface area contributed by atoms with Crippen LogP contribution < -0.4 is 10.6 Å². The van der Waals surface area contributed by atoms with Gasteiger partial charge in [0.2, 0.25) is 10.9 Å². The van der Waals surface area contributed by atoms with E-state index in [1.54, 1.807) is 12.1 Å². The molecule has 0 aliphatic heterocycles. The average molecular weight is 412 g/mol. The van der Waals surface area contributed by atoms with Gasteiger partial charge >= 0.3 is 0 Å². The molecule has 0 atom stereocenters. The van der Waals surface area contributed by atoms with Gasteiger partial charge in [-0.1, -0.05) is 41.2 Å². The molecule has 6 nitrogen and oxygen atoms in total. The number of aryl methyl sites for hydroxylation is 2. The predicted octanol–water partition coefficient (Wildman–Crippen LogP) is 3.88. The molecular formula is C21H21FN4O2S. The second-order valence-corrected chi connectivity index (χ2v) is 7.64. The van der Waals surface area contributed by atoms with Crippen LogP contribution in [-0.2, 0) is 17.8 Å². The topological polar surface area (TPSA) is 84.0 Å². The molecule has 0 aliphatic carbocycles. The molecule has 1 heterocycles. The van der Waals surface area contributed by atoms with Gasteiger partial charge in [0.05, 0.1) is 0 Å². The Bertz CT molecular complexity index is 988. The molecule has 29 heavy (non-hydrogen) atoms. The Kier molecular flexibility index (Phi) is 7.02. The molecule has 0 bridgehead atoms. The molecular weight excluding hydrogens is 391 g/mol. The Morgan fingerprint density at radius 1 is 1.10 bits per heavy atom. The summed E-state index contributed by atoms with van der Waals surface area (Å²) in [6, 6.07) is 13.6. The minimum atomic E-state index is -0.324. The zero-order valence-corrected chi connectivity index (χ0v) is 16.8. The summed E-state index contributed by atoms with van der Waals surface area (Å²) in [5.41, 5.74) is 2.53. The van der Waals surface area contributed by atoms with Crippen molar-refractivity contribution in [3.8, 4) is 0 Å². The molecule has 0 saturated carbocycles. The fourth-order valence-electron chi connectivity index (χ4n) is 2.60. The number of aromatic nitrogens is 2. The third-order valence-electron chi connectivity index (χ3n) is 4.14. The van der Waals surface area contributed by atoms with E-state index in [9.17, 15) is 14.0 Å². The Morgan fingerprint density at radius 2 is 1.90 bits per heavy atom. The first kappa shape index (κ1) is 20.6. The maximum Gasteiger partial charge on any atom is 0.286 e. The van der Waals surface area contributed by atoms with Gasteiger partial charge in [-0.2, -0.15) is 0 Å². The van der Waals surface area contributed by atoms with Crippen molar-refractivity contribution >= 4 is 28.8 Å². The van der Waals surface area contributed by atoms with E-state index in [2.05, 4.69) is 20.8 Å². The zero-order valence-electron chi connectivity index (χ0n) is 15.9. The number of nitrogens with zero attached hydrogens (tertiary/aromatic N) is 2. The Morgan fingerprint density at radius 3 is 2.66 bits per heavy atom. The lowest BCUT2D eigenvalue weighted by molar-refractivity contribution is -0.121. The molecule has 0 radical (unpaired) electrons. The van der Waals surface area contributed by atoms with Crippen molar-refractivity contribution in [3.63, 3.8) is 0 Å². The van der Waals surface area contributed by atoms with Crippen molar-refractivity contribution in [3.05, 3.63) is 75.5 Å². The molecule has 3 aromatic rings. The van der Waals surface area contributed by atoms with Crippen LogP contribution in [-0.4, -0.2) is 22.0 Å². The Hall–Kier alpha value is -3.13. The van der Waals surface area contributed by atoms with Crippen LogP contribution in [0.4, 0.5) is 10.1 Å². The number of carbonyl (C=O) groups excluding carboxylic acids is 2. The highest BCUT2D eigenvalue weighted by Gasteiger charge is 2.13. The zero-order chi connectivity index (χ0) is 20.6. The van der Waals surface area contributed by atoms with E-state index in [0.717, 1.165) is 5.56 Å². The molecule has 3 rings (SSSR count). The molecule has 2 N–H and O–H groups in total. The first-order valence-electron chi connectivity index (χ1n) is 9.21. The number of anilines is 1. The van der Waals surface area contributed by atoms with Crippen molar-refractivity contribution < 1.29 is 14.0 Å². The van der Waals surface area contributed by atoms with Gasteiger partial charge in [0, 0.05) is 25.1 Å².